The van der Waals surface area contributed by atoms with Gasteiger partial charge in [-0.3, -0.25) is 9.69 Å². The second-order valence-corrected chi connectivity index (χ2v) is 5.37. The first-order chi connectivity index (χ1) is 11.0. The number of fused-ring (bicyclic) bond motifs is 1. The highest BCUT2D eigenvalue weighted by Gasteiger charge is 2.49. The van der Waals surface area contributed by atoms with Crippen molar-refractivity contribution in [3.63, 3.8) is 0 Å². The molecule has 2 unspecified atom stereocenters. The van der Waals surface area contributed by atoms with Crippen LogP contribution in [0.15, 0.2) is 0 Å². The number of amides is 2. The fraction of sp³-hybridized carbons (Fsp3) is 0.786. The third kappa shape index (κ3) is 3.66. The van der Waals surface area contributed by atoms with Gasteiger partial charge in [0.05, 0.1) is 13.2 Å². The van der Waals surface area contributed by atoms with Gasteiger partial charge >= 0.3 is 18.2 Å². The molecule has 23 heavy (non-hydrogen) atoms. The molecule has 9 nitrogen and oxygen atoms in total. The summed E-state index contributed by atoms with van der Waals surface area (Å²) in [6.07, 6.45) is -0.483. The van der Waals surface area contributed by atoms with E-state index in [2.05, 4.69) is 5.43 Å². The fourth-order valence-electron chi connectivity index (χ4n) is 2.88. The zero-order valence-electron chi connectivity index (χ0n) is 13.6. The summed E-state index contributed by atoms with van der Waals surface area (Å²) in [5.41, 5.74) is 2.35. The van der Waals surface area contributed by atoms with Gasteiger partial charge in [0.15, 0.2) is 6.23 Å². The highest BCUT2D eigenvalue weighted by molar-refractivity contribution is 5.79. The zero-order chi connectivity index (χ0) is 17.0. The molecule has 0 aliphatic carbocycles. The Morgan fingerprint density at radius 1 is 1.39 bits per heavy atom. The van der Waals surface area contributed by atoms with E-state index < -0.39 is 24.5 Å². The number of esters is 1. The minimum Gasteiger partial charge on any atom is -0.449 e. The highest BCUT2D eigenvalue weighted by Crippen LogP contribution is 2.31. The predicted octanol–water partition coefficient (Wildman–Crippen LogP) is 0.842. The van der Waals surface area contributed by atoms with Gasteiger partial charge in [-0.15, -0.1) is 0 Å². The molecule has 2 heterocycles. The van der Waals surface area contributed by atoms with Crippen molar-refractivity contribution in [1.82, 2.24) is 15.3 Å². The van der Waals surface area contributed by atoms with E-state index in [1.165, 1.54) is 0 Å². The number of carbonyl (C=O) groups is 3. The Bertz CT molecular complexity index is 471. The first-order valence-corrected chi connectivity index (χ1v) is 7.85. The van der Waals surface area contributed by atoms with Gasteiger partial charge in [0.25, 0.3) is 0 Å². The molecule has 130 valence electrons. The van der Waals surface area contributed by atoms with Crippen molar-refractivity contribution in [2.24, 2.45) is 0 Å². The van der Waals surface area contributed by atoms with Crippen LogP contribution in [0, 0.1) is 0 Å². The van der Waals surface area contributed by atoms with Gasteiger partial charge < -0.3 is 14.2 Å². The molecule has 0 aromatic rings. The monoisotopic (exact) mass is 329 g/mol. The van der Waals surface area contributed by atoms with Crippen molar-refractivity contribution in [2.45, 2.75) is 51.9 Å². The summed E-state index contributed by atoms with van der Waals surface area (Å²) < 4.78 is 15.1. The maximum absolute atomic E-state index is 12.1. The minimum absolute atomic E-state index is 0.156. The van der Waals surface area contributed by atoms with Crippen LogP contribution < -0.4 is 5.43 Å². The molecule has 2 fully saturated rings. The maximum atomic E-state index is 12.1. The molecule has 2 saturated heterocycles. The molecule has 2 amide bonds. The van der Waals surface area contributed by atoms with E-state index in [-0.39, 0.29) is 25.2 Å². The topological polar surface area (TPSA) is 97.4 Å². The van der Waals surface area contributed by atoms with Gasteiger partial charge in [-0.25, -0.2) is 20.0 Å². The first-order valence-electron chi connectivity index (χ1n) is 7.85. The number of cyclic esters (lactones) is 1. The quantitative estimate of drug-likeness (QED) is 0.464. The number of rotatable bonds is 4. The summed E-state index contributed by atoms with van der Waals surface area (Å²) in [4.78, 5) is 37.6. The van der Waals surface area contributed by atoms with Crippen LogP contribution in [0.4, 0.5) is 9.59 Å². The van der Waals surface area contributed by atoms with Crippen LogP contribution >= 0.6 is 0 Å². The third-order valence-corrected chi connectivity index (χ3v) is 3.90. The Morgan fingerprint density at radius 2 is 2.09 bits per heavy atom. The van der Waals surface area contributed by atoms with Crippen LogP contribution in [0.5, 0.6) is 0 Å². The lowest BCUT2D eigenvalue weighted by atomic mass is 10.2. The number of hydrogen-bond donors (Lipinski definition) is 1. The van der Waals surface area contributed by atoms with Crippen LogP contribution in [0.3, 0.4) is 0 Å². The molecule has 0 bridgehead atoms. The lowest BCUT2D eigenvalue weighted by molar-refractivity contribution is -0.146. The number of hydrogen-bond acceptors (Lipinski definition) is 7. The number of carbonyl (C=O) groups excluding carboxylic acids is 3. The Kier molecular flexibility index (Phi) is 5.64. The standard InChI is InChI=1S/C14H23N3O6/c1-4-21-13(19)15-17(14(20)22-5-2)9(3)11-16-8-6-7-10(16)12(18)23-11/h9-11H,4-8H2,1-3H3,(H,15,19)/t9?,10-,11?/m0/s1. The Morgan fingerprint density at radius 3 is 2.74 bits per heavy atom. The van der Waals surface area contributed by atoms with Crippen LogP contribution in [0.2, 0.25) is 0 Å². The fourth-order valence-corrected chi connectivity index (χ4v) is 2.88. The molecule has 3 atom stereocenters. The van der Waals surface area contributed by atoms with E-state index in [9.17, 15) is 14.4 Å². The van der Waals surface area contributed by atoms with Gasteiger partial charge in [-0.2, -0.15) is 0 Å². The Balaban J connectivity index is 2.11. The Hall–Kier alpha value is -2.03. The normalized spacial score (nSPS) is 24.6. The molecule has 0 aromatic carbocycles. The van der Waals surface area contributed by atoms with Gasteiger partial charge in [-0.1, -0.05) is 0 Å². The number of nitrogens with zero attached hydrogens (tertiary/aromatic N) is 2. The molecule has 0 spiro atoms. The summed E-state index contributed by atoms with van der Waals surface area (Å²) in [6.45, 7) is 6.04. The van der Waals surface area contributed by atoms with Crippen LogP contribution in [0.25, 0.3) is 0 Å². The minimum atomic E-state index is -0.769. The molecular weight excluding hydrogens is 306 g/mol. The van der Waals surface area contributed by atoms with Gasteiger partial charge in [0.2, 0.25) is 0 Å². The summed E-state index contributed by atoms with van der Waals surface area (Å²) in [5, 5.41) is 1.01. The molecule has 0 aromatic heterocycles. The number of ether oxygens (including phenoxy) is 3. The van der Waals surface area contributed by atoms with Crippen molar-refractivity contribution in [1.29, 1.82) is 0 Å². The summed E-state index contributed by atoms with van der Waals surface area (Å²) in [5.74, 6) is -0.292. The van der Waals surface area contributed by atoms with E-state index in [0.29, 0.717) is 6.54 Å². The van der Waals surface area contributed by atoms with Crippen molar-refractivity contribution in [2.75, 3.05) is 19.8 Å². The summed E-state index contributed by atoms with van der Waals surface area (Å²) in [6, 6.07) is -0.889. The van der Waals surface area contributed by atoms with Crippen molar-refractivity contribution >= 4 is 18.2 Å². The molecule has 2 aliphatic heterocycles. The van der Waals surface area contributed by atoms with Gasteiger partial charge in [0, 0.05) is 6.54 Å². The molecule has 2 aliphatic rings. The average molecular weight is 329 g/mol. The van der Waals surface area contributed by atoms with Crippen molar-refractivity contribution < 1.29 is 28.6 Å². The lowest BCUT2D eigenvalue weighted by Crippen LogP contribution is -2.58. The van der Waals surface area contributed by atoms with Crippen molar-refractivity contribution in [3.05, 3.63) is 0 Å². The van der Waals surface area contributed by atoms with E-state index in [1.54, 1.807) is 20.8 Å². The van der Waals surface area contributed by atoms with E-state index >= 15 is 0 Å². The van der Waals surface area contributed by atoms with E-state index in [4.69, 9.17) is 14.2 Å². The predicted molar refractivity (Wildman–Crippen MR) is 78.1 cm³/mol. The smallest absolute Gasteiger partial charge is 0.429 e. The van der Waals surface area contributed by atoms with Gasteiger partial charge in [-0.05, 0) is 33.6 Å². The largest absolute Gasteiger partial charge is 0.449 e. The Labute approximate surface area is 134 Å². The zero-order valence-corrected chi connectivity index (χ0v) is 13.6. The summed E-state index contributed by atoms with van der Waals surface area (Å²) in [7, 11) is 0. The SMILES string of the molecule is CCOC(=O)NN(C(=O)OCC)C(C)C1OC(=O)[C@@H]2CCCN12. The molecule has 0 saturated carbocycles. The van der Waals surface area contributed by atoms with Gasteiger partial charge in [0.1, 0.15) is 12.1 Å². The number of nitrogens with one attached hydrogen (secondary N) is 1. The second-order valence-electron chi connectivity index (χ2n) is 5.37. The van der Waals surface area contributed by atoms with Crippen molar-refractivity contribution in [3.8, 4) is 0 Å². The first kappa shape index (κ1) is 17.3. The third-order valence-electron chi connectivity index (χ3n) is 3.90. The van der Waals surface area contributed by atoms with Crippen LogP contribution in [0.1, 0.15) is 33.6 Å². The lowest BCUT2D eigenvalue weighted by Gasteiger charge is -2.33. The van der Waals surface area contributed by atoms with E-state index in [0.717, 1.165) is 17.9 Å². The number of hydrazine groups is 1. The second kappa shape index (κ2) is 7.49. The highest BCUT2D eigenvalue weighted by atomic mass is 16.6. The molecule has 1 N–H and O–H groups in total. The van der Waals surface area contributed by atoms with Crippen LogP contribution in [-0.4, -0.2) is 66.1 Å². The molecule has 0 radical (unpaired) electrons. The average Bonchev–Trinajstić information content (AvgIpc) is 3.09. The molecule has 9 heteroatoms. The van der Waals surface area contributed by atoms with E-state index in [1.807, 2.05) is 4.90 Å². The molecular formula is C14H23N3O6. The molecule has 2 rings (SSSR count). The summed E-state index contributed by atoms with van der Waals surface area (Å²) >= 11 is 0. The van der Waals surface area contributed by atoms with Crippen LogP contribution in [-0.2, 0) is 19.0 Å². The maximum Gasteiger partial charge on any atom is 0.429 e.